The summed E-state index contributed by atoms with van der Waals surface area (Å²) in [6.07, 6.45) is 2.05. The number of aryl methyl sites for hydroxylation is 1. The number of benzene rings is 1. The van der Waals surface area contributed by atoms with E-state index in [0.717, 1.165) is 36.0 Å². The lowest BCUT2D eigenvalue weighted by atomic mass is 10.0. The molecule has 0 saturated carbocycles. The lowest BCUT2D eigenvalue weighted by Gasteiger charge is -2.11. The summed E-state index contributed by atoms with van der Waals surface area (Å²) in [7, 11) is 1.95. The van der Waals surface area contributed by atoms with Crippen molar-refractivity contribution in [1.29, 1.82) is 0 Å². The number of nitrogens with two attached hydrogens (primary N) is 1. The van der Waals surface area contributed by atoms with Crippen molar-refractivity contribution in [2.24, 2.45) is 5.73 Å². The van der Waals surface area contributed by atoms with E-state index in [0.29, 0.717) is 5.89 Å². The topological polar surface area (TPSA) is 64.1 Å². The fourth-order valence-corrected chi connectivity index (χ4v) is 1.96. The first kappa shape index (κ1) is 12.1. The van der Waals surface area contributed by atoms with Crippen LogP contribution in [0.4, 0.5) is 0 Å². The summed E-state index contributed by atoms with van der Waals surface area (Å²) >= 11 is 0. The van der Waals surface area contributed by atoms with Gasteiger partial charge in [-0.1, -0.05) is 6.07 Å². The third kappa shape index (κ3) is 2.84. The van der Waals surface area contributed by atoms with Gasteiger partial charge in [-0.05, 0) is 44.1 Å². The molecule has 0 amide bonds. The molecular formula is C13H19N3O. The molecule has 92 valence electrons. The SMILES string of the molecule is CNCCCC(N)c1ccc2oc(C)nc2c1. The zero-order valence-electron chi connectivity index (χ0n) is 10.4. The summed E-state index contributed by atoms with van der Waals surface area (Å²) in [6.45, 7) is 2.85. The maximum absolute atomic E-state index is 6.15. The van der Waals surface area contributed by atoms with Crippen LogP contribution in [0.15, 0.2) is 22.6 Å². The standard InChI is InChI=1S/C13H19N3O/c1-9-16-12-8-10(5-6-13(12)17-9)11(14)4-3-7-15-2/h5-6,8,11,15H,3-4,7,14H2,1-2H3. The average molecular weight is 233 g/mol. The van der Waals surface area contributed by atoms with Crippen LogP contribution >= 0.6 is 0 Å². The molecule has 1 heterocycles. The maximum atomic E-state index is 6.15. The first-order valence-electron chi connectivity index (χ1n) is 5.98. The minimum atomic E-state index is 0.0738. The lowest BCUT2D eigenvalue weighted by Crippen LogP contribution is -2.14. The molecule has 4 heteroatoms. The van der Waals surface area contributed by atoms with Crippen LogP contribution in [-0.2, 0) is 0 Å². The van der Waals surface area contributed by atoms with Gasteiger partial charge in [-0.2, -0.15) is 0 Å². The third-order valence-corrected chi connectivity index (χ3v) is 2.89. The van der Waals surface area contributed by atoms with Gasteiger partial charge in [-0.3, -0.25) is 0 Å². The molecule has 2 rings (SSSR count). The molecule has 0 aliphatic rings. The van der Waals surface area contributed by atoms with E-state index in [-0.39, 0.29) is 6.04 Å². The van der Waals surface area contributed by atoms with Gasteiger partial charge >= 0.3 is 0 Å². The third-order valence-electron chi connectivity index (χ3n) is 2.89. The number of fused-ring (bicyclic) bond motifs is 1. The van der Waals surface area contributed by atoms with Gasteiger partial charge in [0.15, 0.2) is 11.5 Å². The predicted octanol–water partition coefficient (Wildman–Crippen LogP) is 2.14. The molecule has 1 unspecified atom stereocenters. The number of rotatable bonds is 5. The Morgan fingerprint density at radius 3 is 3.06 bits per heavy atom. The Morgan fingerprint density at radius 2 is 2.29 bits per heavy atom. The molecule has 0 fully saturated rings. The molecule has 1 atom stereocenters. The molecule has 3 N–H and O–H groups in total. The van der Waals surface area contributed by atoms with E-state index in [4.69, 9.17) is 10.2 Å². The predicted molar refractivity (Wildman–Crippen MR) is 68.8 cm³/mol. The largest absolute Gasteiger partial charge is 0.441 e. The molecule has 0 aliphatic heterocycles. The summed E-state index contributed by atoms with van der Waals surface area (Å²) in [6, 6.07) is 6.07. The van der Waals surface area contributed by atoms with Crippen molar-refractivity contribution in [3.05, 3.63) is 29.7 Å². The van der Waals surface area contributed by atoms with Gasteiger partial charge in [0.1, 0.15) is 5.52 Å². The molecule has 0 radical (unpaired) electrons. The number of nitrogens with one attached hydrogen (secondary N) is 1. The fraction of sp³-hybridized carbons (Fsp3) is 0.462. The zero-order chi connectivity index (χ0) is 12.3. The van der Waals surface area contributed by atoms with Gasteiger partial charge in [-0.25, -0.2) is 4.98 Å². The van der Waals surface area contributed by atoms with Crippen LogP contribution in [-0.4, -0.2) is 18.6 Å². The van der Waals surface area contributed by atoms with E-state index in [1.807, 2.05) is 32.2 Å². The quantitative estimate of drug-likeness (QED) is 0.777. The van der Waals surface area contributed by atoms with Crippen LogP contribution in [0.1, 0.15) is 30.3 Å². The van der Waals surface area contributed by atoms with Gasteiger partial charge < -0.3 is 15.5 Å². The second-order valence-electron chi connectivity index (χ2n) is 4.31. The fourth-order valence-electron chi connectivity index (χ4n) is 1.96. The molecule has 0 spiro atoms. The van der Waals surface area contributed by atoms with Crippen molar-refractivity contribution in [2.45, 2.75) is 25.8 Å². The Bertz CT molecular complexity index is 492. The highest BCUT2D eigenvalue weighted by molar-refractivity contribution is 5.73. The van der Waals surface area contributed by atoms with E-state index >= 15 is 0 Å². The Hall–Kier alpha value is -1.39. The first-order valence-corrected chi connectivity index (χ1v) is 5.98. The van der Waals surface area contributed by atoms with Crippen LogP contribution < -0.4 is 11.1 Å². The Kier molecular flexibility index (Phi) is 3.76. The van der Waals surface area contributed by atoms with Crippen molar-refractivity contribution >= 4 is 11.1 Å². The Labute approximate surface area is 101 Å². The van der Waals surface area contributed by atoms with Crippen molar-refractivity contribution in [3.8, 4) is 0 Å². The Morgan fingerprint density at radius 1 is 1.47 bits per heavy atom. The van der Waals surface area contributed by atoms with E-state index in [1.165, 1.54) is 0 Å². The van der Waals surface area contributed by atoms with Crippen LogP contribution in [0.25, 0.3) is 11.1 Å². The normalized spacial score (nSPS) is 13.1. The number of hydrogen-bond acceptors (Lipinski definition) is 4. The summed E-state index contributed by atoms with van der Waals surface area (Å²) in [5.74, 6) is 0.695. The smallest absolute Gasteiger partial charge is 0.192 e. The van der Waals surface area contributed by atoms with E-state index < -0.39 is 0 Å². The van der Waals surface area contributed by atoms with E-state index in [9.17, 15) is 0 Å². The van der Waals surface area contributed by atoms with Crippen LogP contribution in [0.3, 0.4) is 0 Å². The lowest BCUT2D eigenvalue weighted by molar-refractivity contribution is 0.560. The summed E-state index contributed by atoms with van der Waals surface area (Å²) in [4.78, 5) is 4.32. The minimum absolute atomic E-state index is 0.0738. The van der Waals surface area contributed by atoms with Gasteiger partial charge in [0.05, 0.1) is 0 Å². The van der Waals surface area contributed by atoms with E-state index in [2.05, 4.69) is 10.3 Å². The molecule has 4 nitrogen and oxygen atoms in total. The molecule has 1 aromatic carbocycles. The van der Waals surface area contributed by atoms with Crippen molar-refractivity contribution in [1.82, 2.24) is 10.3 Å². The maximum Gasteiger partial charge on any atom is 0.192 e. The highest BCUT2D eigenvalue weighted by atomic mass is 16.3. The highest BCUT2D eigenvalue weighted by Gasteiger charge is 2.08. The summed E-state index contributed by atoms with van der Waals surface area (Å²) < 4.78 is 5.44. The summed E-state index contributed by atoms with van der Waals surface area (Å²) in [5.41, 5.74) is 8.99. The minimum Gasteiger partial charge on any atom is -0.441 e. The Balaban J connectivity index is 2.12. The second-order valence-corrected chi connectivity index (χ2v) is 4.31. The van der Waals surface area contributed by atoms with E-state index in [1.54, 1.807) is 0 Å². The first-order chi connectivity index (χ1) is 8.20. The molecule has 2 aromatic rings. The van der Waals surface area contributed by atoms with Crippen molar-refractivity contribution < 1.29 is 4.42 Å². The molecule has 1 aromatic heterocycles. The molecule has 0 bridgehead atoms. The average Bonchev–Trinajstić information content (AvgIpc) is 2.68. The zero-order valence-corrected chi connectivity index (χ0v) is 10.4. The number of nitrogens with zero attached hydrogens (tertiary/aromatic N) is 1. The monoisotopic (exact) mass is 233 g/mol. The molecular weight excluding hydrogens is 214 g/mol. The van der Waals surface area contributed by atoms with Gasteiger partial charge in [-0.15, -0.1) is 0 Å². The van der Waals surface area contributed by atoms with Crippen LogP contribution in [0, 0.1) is 6.92 Å². The highest BCUT2D eigenvalue weighted by Crippen LogP contribution is 2.22. The van der Waals surface area contributed by atoms with Gasteiger partial charge in [0, 0.05) is 13.0 Å². The summed E-state index contributed by atoms with van der Waals surface area (Å²) in [5, 5.41) is 3.12. The van der Waals surface area contributed by atoms with Crippen molar-refractivity contribution in [3.63, 3.8) is 0 Å². The molecule has 0 saturated heterocycles. The van der Waals surface area contributed by atoms with Crippen LogP contribution in [0.2, 0.25) is 0 Å². The van der Waals surface area contributed by atoms with Crippen LogP contribution in [0.5, 0.6) is 0 Å². The molecule has 0 aliphatic carbocycles. The van der Waals surface area contributed by atoms with Crippen molar-refractivity contribution in [2.75, 3.05) is 13.6 Å². The number of hydrogen-bond donors (Lipinski definition) is 2. The van der Waals surface area contributed by atoms with Gasteiger partial charge in [0.2, 0.25) is 0 Å². The van der Waals surface area contributed by atoms with Gasteiger partial charge in [0.25, 0.3) is 0 Å². The number of oxazole rings is 1. The molecule has 17 heavy (non-hydrogen) atoms. The number of aromatic nitrogens is 1. The second kappa shape index (κ2) is 5.29.